The van der Waals surface area contributed by atoms with Crippen molar-refractivity contribution in [2.45, 2.75) is 43.0 Å². The lowest BCUT2D eigenvalue weighted by Gasteiger charge is -2.32. The van der Waals surface area contributed by atoms with Crippen molar-refractivity contribution in [1.29, 1.82) is 0 Å². The topological polar surface area (TPSA) is 116 Å². The van der Waals surface area contributed by atoms with E-state index >= 15 is 0 Å². The van der Waals surface area contributed by atoms with Crippen LogP contribution in [0.5, 0.6) is 0 Å². The van der Waals surface area contributed by atoms with Crippen LogP contribution in [0.1, 0.15) is 32.1 Å². The van der Waals surface area contributed by atoms with Gasteiger partial charge in [-0.05, 0) is 50.4 Å². The molecule has 1 amide bonds. The van der Waals surface area contributed by atoms with Gasteiger partial charge in [0.1, 0.15) is 0 Å². The summed E-state index contributed by atoms with van der Waals surface area (Å²) >= 11 is 6.18. The number of carbonyl (C=O) groups is 1. The quantitative estimate of drug-likeness (QED) is 0.567. The zero-order valence-electron chi connectivity index (χ0n) is 17.5. The summed E-state index contributed by atoms with van der Waals surface area (Å²) in [4.78, 5) is 14.6. The number of rotatable bonds is 8. The third kappa shape index (κ3) is 6.87. The Kier molecular flexibility index (Phi) is 7.98. The van der Waals surface area contributed by atoms with E-state index in [9.17, 15) is 21.6 Å². The molecule has 2 aliphatic heterocycles. The van der Waals surface area contributed by atoms with Crippen LogP contribution < -0.4 is 10.0 Å². The van der Waals surface area contributed by atoms with Gasteiger partial charge in [-0.1, -0.05) is 11.6 Å². The Balaban J connectivity index is 1.58. The fraction of sp³-hybridized carbons (Fsp3) is 0.632. The number of benzene rings is 1. The smallest absolute Gasteiger partial charge is 0.243 e. The molecule has 0 saturated carbocycles. The molecule has 31 heavy (non-hydrogen) atoms. The molecule has 1 aromatic carbocycles. The number of carbonyl (C=O) groups excluding carboxylic acids is 1. The van der Waals surface area contributed by atoms with Crippen molar-refractivity contribution < 1.29 is 21.6 Å². The van der Waals surface area contributed by atoms with E-state index in [4.69, 9.17) is 11.6 Å². The molecule has 2 aliphatic rings. The van der Waals surface area contributed by atoms with E-state index < -0.39 is 20.0 Å². The van der Waals surface area contributed by atoms with E-state index in [0.29, 0.717) is 26.2 Å². The van der Waals surface area contributed by atoms with Gasteiger partial charge in [0.15, 0.2) is 0 Å². The maximum Gasteiger partial charge on any atom is 0.243 e. The summed E-state index contributed by atoms with van der Waals surface area (Å²) in [5.74, 6) is -0.282. The van der Waals surface area contributed by atoms with Crippen LogP contribution in [0.3, 0.4) is 0 Å². The molecular weight excluding hydrogens is 464 g/mol. The second-order valence-electron chi connectivity index (χ2n) is 8.08. The largest absolute Gasteiger partial charge is 0.325 e. The van der Waals surface area contributed by atoms with Gasteiger partial charge in [-0.2, -0.15) is 4.31 Å². The molecule has 0 spiro atoms. The van der Waals surface area contributed by atoms with Gasteiger partial charge in [-0.25, -0.2) is 21.6 Å². The van der Waals surface area contributed by atoms with Crippen LogP contribution in [0.4, 0.5) is 5.69 Å². The highest BCUT2D eigenvalue weighted by Gasteiger charge is 2.28. The molecule has 0 bridgehead atoms. The number of sulfonamides is 2. The second-order valence-corrected chi connectivity index (χ2v) is 12.2. The molecule has 0 aromatic heterocycles. The van der Waals surface area contributed by atoms with E-state index in [1.165, 1.54) is 22.5 Å². The third-order valence-electron chi connectivity index (χ3n) is 5.46. The summed E-state index contributed by atoms with van der Waals surface area (Å²) < 4.78 is 52.5. The minimum absolute atomic E-state index is 0.111. The third-order valence-corrected chi connectivity index (χ3v) is 8.44. The lowest BCUT2D eigenvalue weighted by atomic mass is 10.1. The second kappa shape index (κ2) is 10.1. The minimum Gasteiger partial charge on any atom is -0.325 e. The standard InChI is InChI=1S/C19H29ClN4O5S2/c1-30(26,27)22-15-5-4-9-23(14-15)12-8-19(25)21-18-13-16(6-7-17(18)20)31(28,29)24-10-2-3-11-24/h6-7,13,15,22H,2-5,8-12,14H2,1H3,(H,21,25). The summed E-state index contributed by atoms with van der Waals surface area (Å²) in [6.07, 6.45) is 4.62. The highest BCUT2D eigenvalue weighted by Crippen LogP contribution is 2.28. The van der Waals surface area contributed by atoms with Crippen molar-refractivity contribution in [2.75, 3.05) is 44.3 Å². The number of piperidine rings is 1. The monoisotopic (exact) mass is 492 g/mol. The Hall–Kier alpha value is -1.24. The summed E-state index contributed by atoms with van der Waals surface area (Å²) in [6, 6.07) is 4.18. The zero-order valence-corrected chi connectivity index (χ0v) is 19.9. The summed E-state index contributed by atoms with van der Waals surface area (Å²) in [6.45, 7) is 2.80. The normalized spacial score (nSPS) is 21.3. The molecule has 0 radical (unpaired) electrons. The maximum atomic E-state index is 12.8. The fourth-order valence-corrected chi connectivity index (χ4v) is 6.47. The van der Waals surface area contributed by atoms with Crippen molar-refractivity contribution in [3.8, 4) is 0 Å². The molecule has 12 heteroatoms. The van der Waals surface area contributed by atoms with Gasteiger partial charge < -0.3 is 10.2 Å². The first kappa shape index (κ1) is 24.4. The summed E-state index contributed by atoms with van der Waals surface area (Å²) in [5.41, 5.74) is 0.266. The van der Waals surface area contributed by atoms with E-state index in [-0.39, 0.29) is 34.0 Å². The summed E-state index contributed by atoms with van der Waals surface area (Å²) in [5, 5.41) is 2.98. The Morgan fingerprint density at radius 2 is 1.84 bits per heavy atom. The molecule has 1 atom stereocenters. The first-order valence-electron chi connectivity index (χ1n) is 10.3. The first-order valence-corrected chi connectivity index (χ1v) is 14.0. The number of anilines is 1. The molecule has 2 heterocycles. The van der Waals surface area contributed by atoms with Crippen LogP contribution in [-0.2, 0) is 24.8 Å². The Morgan fingerprint density at radius 1 is 1.13 bits per heavy atom. The Bertz CT molecular complexity index is 1010. The van der Waals surface area contributed by atoms with Gasteiger partial charge in [-0.15, -0.1) is 0 Å². The molecule has 1 aromatic rings. The van der Waals surface area contributed by atoms with E-state index in [1.54, 1.807) is 0 Å². The van der Waals surface area contributed by atoms with Crippen LogP contribution in [-0.4, -0.2) is 77.0 Å². The number of halogens is 1. The highest BCUT2D eigenvalue weighted by molar-refractivity contribution is 7.89. The molecule has 2 saturated heterocycles. The summed E-state index contributed by atoms with van der Waals surface area (Å²) in [7, 11) is -6.87. The molecule has 174 valence electrons. The van der Waals surface area contributed by atoms with Gasteiger partial charge in [0.25, 0.3) is 0 Å². The van der Waals surface area contributed by atoms with Gasteiger partial charge >= 0.3 is 0 Å². The molecule has 1 unspecified atom stereocenters. The van der Waals surface area contributed by atoms with Crippen molar-refractivity contribution >= 4 is 43.2 Å². The molecule has 2 N–H and O–H groups in total. The first-order chi connectivity index (χ1) is 14.5. The number of nitrogens with one attached hydrogen (secondary N) is 2. The Morgan fingerprint density at radius 3 is 2.52 bits per heavy atom. The number of amides is 1. The average Bonchev–Trinajstić information content (AvgIpc) is 3.23. The van der Waals surface area contributed by atoms with E-state index in [1.807, 2.05) is 4.90 Å². The van der Waals surface area contributed by atoms with Gasteiger partial charge in [-0.3, -0.25) is 4.79 Å². The van der Waals surface area contributed by atoms with Gasteiger partial charge in [0.05, 0.1) is 21.9 Å². The lowest BCUT2D eigenvalue weighted by molar-refractivity contribution is -0.116. The van der Waals surface area contributed by atoms with Gasteiger partial charge in [0, 0.05) is 38.6 Å². The zero-order chi connectivity index (χ0) is 22.6. The van der Waals surface area contributed by atoms with Crippen LogP contribution in [0.2, 0.25) is 5.02 Å². The molecule has 9 nitrogen and oxygen atoms in total. The van der Waals surface area contributed by atoms with Crippen molar-refractivity contribution in [1.82, 2.24) is 13.9 Å². The molecule has 2 fully saturated rings. The van der Waals surface area contributed by atoms with E-state index in [2.05, 4.69) is 10.0 Å². The van der Waals surface area contributed by atoms with Crippen molar-refractivity contribution in [3.05, 3.63) is 23.2 Å². The fourth-order valence-electron chi connectivity index (χ4n) is 3.97. The van der Waals surface area contributed by atoms with Crippen molar-refractivity contribution in [3.63, 3.8) is 0 Å². The van der Waals surface area contributed by atoms with E-state index in [0.717, 1.165) is 38.5 Å². The Labute approximate surface area is 189 Å². The number of likely N-dealkylation sites (tertiary alicyclic amines) is 1. The SMILES string of the molecule is CS(=O)(=O)NC1CCCN(CCC(=O)Nc2cc(S(=O)(=O)N3CCCC3)ccc2Cl)C1. The number of nitrogens with zero attached hydrogens (tertiary/aromatic N) is 2. The van der Waals surface area contributed by atoms with Crippen LogP contribution in [0.25, 0.3) is 0 Å². The predicted molar refractivity (Wildman–Crippen MR) is 120 cm³/mol. The number of hydrogen-bond donors (Lipinski definition) is 2. The average molecular weight is 493 g/mol. The van der Waals surface area contributed by atoms with Crippen molar-refractivity contribution in [2.24, 2.45) is 0 Å². The van der Waals surface area contributed by atoms with Crippen LogP contribution >= 0.6 is 11.6 Å². The number of hydrogen-bond acceptors (Lipinski definition) is 6. The lowest BCUT2D eigenvalue weighted by Crippen LogP contribution is -2.47. The van der Waals surface area contributed by atoms with Crippen LogP contribution in [0.15, 0.2) is 23.1 Å². The minimum atomic E-state index is -3.61. The molecular formula is C19H29ClN4O5S2. The van der Waals surface area contributed by atoms with Gasteiger partial charge in [0.2, 0.25) is 26.0 Å². The molecule has 3 rings (SSSR count). The maximum absolute atomic E-state index is 12.8. The highest BCUT2D eigenvalue weighted by atomic mass is 35.5. The molecule has 0 aliphatic carbocycles. The predicted octanol–water partition coefficient (Wildman–Crippen LogP) is 1.47. The van der Waals surface area contributed by atoms with Crippen LogP contribution in [0, 0.1) is 0 Å².